The number of rotatable bonds is 3. The van der Waals surface area contributed by atoms with Crippen LogP contribution in [0.5, 0.6) is 0 Å². The molecule has 1 aromatic rings. The lowest BCUT2D eigenvalue weighted by molar-refractivity contribution is 0.00344. The topological polar surface area (TPSA) is 65.5 Å². The molecule has 1 rings (SSSR count). The maximum absolute atomic E-state index is 11.5. The van der Waals surface area contributed by atoms with E-state index >= 15 is 0 Å². The van der Waals surface area contributed by atoms with Crippen molar-refractivity contribution < 1.29 is 13.9 Å². The second-order valence-corrected chi connectivity index (χ2v) is 4.31. The second-order valence-electron chi connectivity index (χ2n) is 4.31. The Labute approximate surface area is 89.4 Å². The Bertz CT molecular complexity index is 336. The van der Waals surface area contributed by atoms with E-state index in [1.807, 2.05) is 20.8 Å². The summed E-state index contributed by atoms with van der Waals surface area (Å²) in [6.07, 6.45) is 0.628. The van der Waals surface area contributed by atoms with Gasteiger partial charge in [-0.3, -0.25) is 0 Å². The summed E-state index contributed by atoms with van der Waals surface area (Å²) in [5.41, 5.74) is 4.87. The molecule has 0 aromatic carbocycles. The van der Waals surface area contributed by atoms with Gasteiger partial charge in [0.15, 0.2) is 0 Å². The smallest absolute Gasteiger partial charge is 0.374 e. The number of esters is 1. The van der Waals surface area contributed by atoms with Gasteiger partial charge in [-0.15, -0.1) is 0 Å². The first-order valence-electron chi connectivity index (χ1n) is 4.94. The van der Waals surface area contributed by atoms with Crippen molar-refractivity contribution in [3.05, 3.63) is 23.7 Å². The number of nitrogens with two attached hydrogens (primary N) is 1. The van der Waals surface area contributed by atoms with Gasteiger partial charge in [-0.05, 0) is 39.4 Å². The molecule has 0 fully saturated rings. The zero-order valence-corrected chi connectivity index (χ0v) is 9.37. The van der Waals surface area contributed by atoms with Gasteiger partial charge in [-0.2, -0.15) is 0 Å². The van der Waals surface area contributed by atoms with E-state index in [1.54, 1.807) is 12.1 Å². The van der Waals surface area contributed by atoms with Crippen molar-refractivity contribution in [3.8, 4) is 0 Å². The van der Waals surface area contributed by atoms with Crippen LogP contribution in [0.3, 0.4) is 0 Å². The van der Waals surface area contributed by atoms with Gasteiger partial charge in [-0.25, -0.2) is 4.79 Å². The third-order valence-electron chi connectivity index (χ3n) is 1.65. The second kappa shape index (κ2) is 4.49. The first-order chi connectivity index (χ1) is 6.92. The molecule has 0 atom stereocenters. The Morgan fingerprint density at radius 3 is 2.67 bits per heavy atom. The lowest BCUT2D eigenvalue weighted by atomic mass is 10.2. The SMILES string of the molecule is CC(C)(C)OC(=O)c1ccc(CCN)o1. The van der Waals surface area contributed by atoms with Crippen LogP contribution in [0, 0.1) is 0 Å². The van der Waals surface area contributed by atoms with Gasteiger partial charge in [0.05, 0.1) is 0 Å². The quantitative estimate of drug-likeness (QED) is 0.773. The highest BCUT2D eigenvalue weighted by molar-refractivity contribution is 5.86. The molecule has 0 radical (unpaired) electrons. The van der Waals surface area contributed by atoms with Crippen molar-refractivity contribution in [3.63, 3.8) is 0 Å². The van der Waals surface area contributed by atoms with Crippen LogP contribution in [0.25, 0.3) is 0 Å². The van der Waals surface area contributed by atoms with Crippen LogP contribution in [0.4, 0.5) is 0 Å². The number of ether oxygens (including phenoxy) is 1. The van der Waals surface area contributed by atoms with E-state index in [-0.39, 0.29) is 5.76 Å². The predicted molar refractivity (Wildman–Crippen MR) is 56.6 cm³/mol. The molecule has 15 heavy (non-hydrogen) atoms. The fourth-order valence-corrected chi connectivity index (χ4v) is 1.09. The Hall–Kier alpha value is -1.29. The summed E-state index contributed by atoms with van der Waals surface area (Å²) >= 11 is 0. The first-order valence-corrected chi connectivity index (χ1v) is 4.94. The average Bonchev–Trinajstić information content (AvgIpc) is 2.50. The van der Waals surface area contributed by atoms with E-state index in [1.165, 1.54) is 0 Å². The highest BCUT2D eigenvalue weighted by atomic mass is 16.6. The van der Waals surface area contributed by atoms with Gasteiger partial charge < -0.3 is 14.9 Å². The molecule has 0 saturated heterocycles. The molecule has 0 aliphatic heterocycles. The minimum atomic E-state index is -0.502. The van der Waals surface area contributed by atoms with E-state index < -0.39 is 11.6 Å². The number of hydrogen-bond acceptors (Lipinski definition) is 4. The molecule has 0 saturated carbocycles. The summed E-state index contributed by atoms with van der Waals surface area (Å²) in [7, 11) is 0. The van der Waals surface area contributed by atoms with Gasteiger partial charge in [0.2, 0.25) is 5.76 Å². The van der Waals surface area contributed by atoms with Crippen molar-refractivity contribution >= 4 is 5.97 Å². The highest BCUT2D eigenvalue weighted by Crippen LogP contribution is 2.14. The number of carbonyl (C=O) groups excluding carboxylic acids is 1. The fraction of sp³-hybridized carbons (Fsp3) is 0.545. The number of furan rings is 1. The van der Waals surface area contributed by atoms with E-state index in [0.717, 1.165) is 0 Å². The molecule has 0 amide bonds. The van der Waals surface area contributed by atoms with Crippen LogP contribution in [0.1, 0.15) is 37.1 Å². The summed E-state index contributed by atoms with van der Waals surface area (Å²) in [5.74, 6) is 0.498. The van der Waals surface area contributed by atoms with Crippen molar-refractivity contribution in [2.24, 2.45) is 5.73 Å². The molecular weight excluding hydrogens is 194 g/mol. The molecule has 4 nitrogen and oxygen atoms in total. The third-order valence-corrected chi connectivity index (χ3v) is 1.65. The Morgan fingerprint density at radius 2 is 2.13 bits per heavy atom. The summed E-state index contributed by atoms with van der Waals surface area (Å²) in [4.78, 5) is 11.5. The molecule has 0 unspecified atom stereocenters. The zero-order chi connectivity index (χ0) is 11.5. The molecule has 0 spiro atoms. The van der Waals surface area contributed by atoms with E-state index in [4.69, 9.17) is 14.9 Å². The van der Waals surface area contributed by atoms with Crippen molar-refractivity contribution in [2.45, 2.75) is 32.8 Å². The van der Waals surface area contributed by atoms with Gasteiger partial charge in [-0.1, -0.05) is 0 Å². The minimum absolute atomic E-state index is 0.230. The minimum Gasteiger partial charge on any atom is -0.454 e. The van der Waals surface area contributed by atoms with Gasteiger partial charge >= 0.3 is 5.97 Å². The van der Waals surface area contributed by atoms with E-state index in [9.17, 15) is 4.79 Å². The molecule has 4 heteroatoms. The predicted octanol–water partition coefficient (Wildman–Crippen LogP) is 1.74. The highest BCUT2D eigenvalue weighted by Gasteiger charge is 2.20. The Morgan fingerprint density at radius 1 is 1.47 bits per heavy atom. The van der Waals surface area contributed by atoms with E-state index in [0.29, 0.717) is 18.7 Å². The van der Waals surface area contributed by atoms with Crippen LogP contribution in [-0.4, -0.2) is 18.1 Å². The molecule has 2 N–H and O–H groups in total. The van der Waals surface area contributed by atoms with Gasteiger partial charge in [0.1, 0.15) is 11.4 Å². The van der Waals surface area contributed by atoms with Crippen LogP contribution in [0.15, 0.2) is 16.5 Å². The van der Waals surface area contributed by atoms with Gasteiger partial charge in [0.25, 0.3) is 0 Å². The molecule has 1 heterocycles. The maximum atomic E-state index is 11.5. The zero-order valence-electron chi connectivity index (χ0n) is 9.37. The molecule has 0 aliphatic rings. The number of hydrogen-bond donors (Lipinski definition) is 1. The maximum Gasteiger partial charge on any atom is 0.374 e. The lowest BCUT2D eigenvalue weighted by Crippen LogP contribution is -2.23. The Kier molecular flexibility index (Phi) is 3.52. The molecule has 84 valence electrons. The normalized spacial score (nSPS) is 11.5. The van der Waals surface area contributed by atoms with Crippen LogP contribution >= 0.6 is 0 Å². The van der Waals surface area contributed by atoms with Crippen LogP contribution in [0.2, 0.25) is 0 Å². The third kappa shape index (κ3) is 3.75. The van der Waals surface area contributed by atoms with Crippen molar-refractivity contribution in [1.29, 1.82) is 0 Å². The average molecular weight is 211 g/mol. The summed E-state index contributed by atoms with van der Waals surface area (Å²) in [6.45, 7) is 5.94. The van der Waals surface area contributed by atoms with Crippen molar-refractivity contribution in [1.82, 2.24) is 0 Å². The van der Waals surface area contributed by atoms with Gasteiger partial charge in [0, 0.05) is 6.42 Å². The molecule has 0 aliphatic carbocycles. The molecule has 1 aromatic heterocycles. The van der Waals surface area contributed by atoms with Crippen molar-refractivity contribution in [2.75, 3.05) is 6.54 Å². The molecular formula is C11H17NO3. The summed E-state index contributed by atoms with van der Waals surface area (Å²) in [6, 6.07) is 3.35. The summed E-state index contributed by atoms with van der Waals surface area (Å²) < 4.78 is 10.4. The first kappa shape index (κ1) is 11.8. The lowest BCUT2D eigenvalue weighted by Gasteiger charge is -2.18. The fourth-order valence-electron chi connectivity index (χ4n) is 1.09. The van der Waals surface area contributed by atoms with E-state index in [2.05, 4.69) is 0 Å². The molecule has 0 bridgehead atoms. The number of carbonyl (C=O) groups is 1. The standard InChI is InChI=1S/C11H17NO3/c1-11(2,3)15-10(13)9-5-4-8(14-9)6-7-12/h4-5H,6-7,12H2,1-3H3. The summed E-state index contributed by atoms with van der Waals surface area (Å²) in [5, 5.41) is 0. The largest absolute Gasteiger partial charge is 0.454 e. The van der Waals surface area contributed by atoms with Crippen LogP contribution < -0.4 is 5.73 Å². The van der Waals surface area contributed by atoms with Crippen LogP contribution in [-0.2, 0) is 11.2 Å². The Balaban J connectivity index is 2.66. The monoisotopic (exact) mass is 211 g/mol.